The maximum absolute atomic E-state index is 10.8. The second kappa shape index (κ2) is 6.52. The van der Waals surface area contributed by atoms with Gasteiger partial charge in [0.15, 0.2) is 0 Å². The highest BCUT2D eigenvalue weighted by Gasteiger charge is 2.17. The molecule has 0 spiro atoms. The van der Waals surface area contributed by atoms with Gasteiger partial charge in [0.1, 0.15) is 0 Å². The zero-order chi connectivity index (χ0) is 13.7. The van der Waals surface area contributed by atoms with Crippen molar-refractivity contribution in [2.75, 3.05) is 19.0 Å². The normalized spacial score (nSPS) is 15.0. The number of ether oxygens (including phenoxy) is 1. The summed E-state index contributed by atoms with van der Waals surface area (Å²) in [4.78, 5) is 10.4. The van der Waals surface area contributed by atoms with E-state index in [-0.39, 0.29) is 10.6 Å². The first-order chi connectivity index (χ1) is 9.20. The fourth-order valence-electron chi connectivity index (χ4n) is 2.27. The van der Waals surface area contributed by atoms with Crippen molar-refractivity contribution in [1.82, 2.24) is 0 Å². The second-order valence-corrected chi connectivity index (χ2v) is 4.99. The van der Waals surface area contributed by atoms with Crippen molar-refractivity contribution in [3.05, 3.63) is 33.9 Å². The van der Waals surface area contributed by atoms with Crippen LogP contribution in [0.3, 0.4) is 0 Å². The molecular formula is C14H20N2O3. The number of nitrogens with zero attached hydrogens (tertiary/aromatic N) is 1. The van der Waals surface area contributed by atoms with Crippen molar-refractivity contribution in [3.8, 4) is 0 Å². The number of benzene rings is 1. The van der Waals surface area contributed by atoms with Crippen LogP contribution in [0.4, 0.5) is 11.4 Å². The van der Waals surface area contributed by atoms with Crippen LogP contribution in [-0.4, -0.2) is 18.6 Å². The van der Waals surface area contributed by atoms with Gasteiger partial charge in [0.2, 0.25) is 0 Å². The molecule has 104 valence electrons. The number of rotatable bonds is 7. The lowest BCUT2D eigenvalue weighted by Crippen LogP contribution is -2.13. The van der Waals surface area contributed by atoms with E-state index in [0.717, 1.165) is 30.2 Å². The van der Waals surface area contributed by atoms with E-state index >= 15 is 0 Å². The summed E-state index contributed by atoms with van der Waals surface area (Å²) in [5.41, 5.74) is 1.83. The molecule has 0 radical (unpaired) electrons. The molecule has 0 bridgehead atoms. The lowest BCUT2D eigenvalue weighted by atomic mass is 9.83. The van der Waals surface area contributed by atoms with Gasteiger partial charge in [-0.25, -0.2) is 0 Å². The molecule has 2 rings (SSSR count). The first-order valence-corrected chi connectivity index (χ1v) is 6.73. The smallest absolute Gasteiger partial charge is 0.269 e. The Hall–Kier alpha value is -1.62. The Morgan fingerprint density at radius 1 is 1.47 bits per heavy atom. The summed E-state index contributed by atoms with van der Waals surface area (Å²) in [5.74, 6) is 0.828. The van der Waals surface area contributed by atoms with E-state index in [1.807, 2.05) is 0 Å². The maximum Gasteiger partial charge on any atom is 0.269 e. The van der Waals surface area contributed by atoms with Gasteiger partial charge in [-0.15, -0.1) is 0 Å². The predicted molar refractivity (Wildman–Crippen MR) is 74.3 cm³/mol. The summed E-state index contributed by atoms with van der Waals surface area (Å²) in [6.07, 6.45) is 5.09. The third-order valence-corrected chi connectivity index (χ3v) is 3.72. The number of nitro groups is 1. The van der Waals surface area contributed by atoms with Crippen LogP contribution in [0.5, 0.6) is 0 Å². The van der Waals surface area contributed by atoms with Crippen molar-refractivity contribution in [2.45, 2.75) is 32.3 Å². The van der Waals surface area contributed by atoms with Gasteiger partial charge in [-0.3, -0.25) is 10.1 Å². The molecule has 1 aliphatic rings. The molecule has 0 unspecified atom stereocenters. The van der Waals surface area contributed by atoms with Gasteiger partial charge in [-0.05, 0) is 18.4 Å². The van der Waals surface area contributed by atoms with Crippen molar-refractivity contribution in [2.24, 2.45) is 5.92 Å². The van der Waals surface area contributed by atoms with Gasteiger partial charge >= 0.3 is 0 Å². The Balaban J connectivity index is 1.88. The average molecular weight is 264 g/mol. The minimum absolute atomic E-state index is 0.108. The molecule has 19 heavy (non-hydrogen) atoms. The Kier molecular flexibility index (Phi) is 4.74. The molecule has 0 aromatic heterocycles. The van der Waals surface area contributed by atoms with E-state index in [4.69, 9.17) is 4.74 Å². The molecule has 1 saturated carbocycles. The van der Waals surface area contributed by atoms with Gasteiger partial charge in [-0.1, -0.05) is 19.3 Å². The molecule has 1 fully saturated rings. The van der Waals surface area contributed by atoms with Crippen LogP contribution in [0, 0.1) is 16.0 Å². The summed E-state index contributed by atoms with van der Waals surface area (Å²) in [6, 6.07) is 4.81. The zero-order valence-electron chi connectivity index (χ0n) is 11.2. The summed E-state index contributed by atoms with van der Waals surface area (Å²) in [7, 11) is 1.80. The lowest BCUT2D eigenvalue weighted by molar-refractivity contribution is -0.384. The largest absolute Gasteiger partial charge is 0.388 e. The van der Waals surface area contributed by atoms with Crippen LogP contribution in [0.15, 0.2) is 18.2 Å². The van der Waals surface area contributed by atoms with Crippen molar-refractivity contribution >= 4 is 11.4 Å². The molecule has 0 aliphatic heterocycles. The van der Waals surface area contributed by atoms with Crippen LogP contribution >= 0.6 is 0 Å². The molecular weight excluding hydrogens is 244 g/mol. The summed E-state index contributed by atoms with van der Waals surface area (Å²) < 4.78 is 5.64. The van der Waals surface area contributed by atoms with Crippen LogP contribution < -0.4 is 5.32 Å². The molecule has 0 saturated heterocycles. The molecule has 0 atom stereocenters. The van der Waals surface area contributed by atoms with Crippen LogP contribution in [-0.2, 0) is 11.3 Å². The minimum atomic E-state index is -0.378. The molecule has 1 aromatic carbocycles. The minimum Gasteiger partial charge on any atom is -0.388 e. The predicted octanol–water partition coefficient (Wildman–Crippen LogP) is 3.34. The summed E-state index contributed by atoms with van der Waals surface area (Å²) in [5, 5.41) is 13.8. The van der Waals surface area contributed by atoms with Crippen LogP contribution in [0.25, 0.3) is 0 Å². The van der Waals surface area contributed by atoms with Gasteiger partial charge in [0, 0.05) is 37.0 Å². The van der Waals surface area contributed by atoms with Crippen molar-refractivity contribution < 1.29 is 9.66 Å². The Morgan fingerprint density at radius 3 is 2.84 bits per heavy atom. The quantitative estimate of drug-likeness (QED) is 0.466. The number of hydrogen-bond acceptors (Lipinski definition) is 4. The number of hydrogen-bond donors (Lipinski definition) is 1. The number of nitrogens with one attached hydrogen (secondary N) is 1. The molecule has 1 aromatic rings. The van der Waals surface area contributed by atoms with Crippen LogP contribution in [0.2, 0.25) is 0 Å². The topological polar surface area (TPSA) is 64.4 Å². The number of anilines is 1. The van der Waals surface area contributed by atoms with E-state index in [0.29, 0.717) is 6.61 Å². The number of non-ortho nitro benzene ring substituents is 1. The highest BCUT2D eigenvalue weighted by atomic mass is 16.6. The van der Waals surface area contributed by atoms with Gasteiger partial charge in [-0.2, -0.15) is 0 Å². The van der Waals surface area contributed by atoms with E-state index in [2.05, 4.69) is 5.32 Å². The average Bonchev–Trinajstić information content (AvgIpc) is 2.36. The first-order valence-electron chi connectivity index (χ1n) is 6.73. The van der Waals surface area contributed by atoms with E-state index in [1.54, 1.807) is 19.2 Å². The third kappa shape index (κ3) is 3.67. The summed E-state index contributed by atoms with van der Waals surface area (Å²) in [6.45, 7) is 1.15. The summed E-state index contributed by atoms with van der Waals surface area (Å²) >= 11 is 0. The van der Waals surface area contributed by atoms with Gasteiger partial charge < -0.3 is 10.1 Å². The van der Waals surface area contributed by atoms with Crippen LogP contribution in [0.1, 0.15) is 31.2 Å². The standard InChI is InChI=1S/C14H20N2O3/c1-15-14-6-5-13(16(17)18)9-12(14)10-19-8-7-11-3-2-4-11/h5-6,9,11,15H,2-4,7-8,10H2,1H3. The molecule has 5 heteroatoms. The Morgan fingerprint density at radius 2 is 2.26 bits per heavy atom. The zero-order valence-corrected chi connectivity index (χ0v) is 11.2. The van der Waals surface area contributed by atoms with E-state index in [9.17, 15) is 10.1 Å². The SMILES string of the molecule is CNc1ccc([N+](=O)[O-])cc1COCCC1CCC1. The Labute approximate surface area is 113 Å². The third-order valence-electron chi connectivity index (χ3n) is 3.72. The monoisotopic (exact) mass is 264 g/mol. The molecule has 5 nitrogen and oxygen atoms in total. The molecule has 1 aliphatic carbocycles. The molecule has 0 amide bonds. The van der Waals surface area contributed by atoms with E-state index < -0.39 is 0 Å². The van der Waals surface area contributed by atoms with Crippen molar-refractivity contribution in [1.29, 1.82) is 0 Å². The Bertz CT molecular complexity index is 444. The fourth-order valence-corrected chi connectivity index (χ4v) is 2.27. The lowest BCUT2D eigenvalue weighted by Gasteiger charge is -2.24. The number of nitro benzene ring substituents is 1. The second-order valence-electron chi connectivity index (χ2n) is 4.99. The highest BCUT2D eigenvalue weighted by molar-refractivity contribution is 5.55. The van der Waals surface area contributed by atoms with Crippen molar-refractivity contribution in [3.63, 3.8) is 0 Å². The highest BCUT2D eigenvalue weighted by Crippen LogP contribution is 2.29. The maximum atomic E-state index is 10.8. The van der Waals surface area contributed by atoms with Gasteiger partial charge in [0.25, 0.3) is 5.69 Å². The molecule has 0 heterocycles. The van der Waals surface area contributed by atoms with Gasteiger partial charge in [0.05, 0.1) is 11.5 Å². The fraction of sp³-hybridized carbons (Fsp3) is 0.571. The van der Waals surface area contributed by atoms with E-state index in [1.165, 1.54) is 25.3 Å². The first kappa shape index (κ1) is 13.8. The molecule has 1 N–H and O–H groups in total.